The third kappa shape index (κ3) is 4.69. The summed E-state index contributed by atoms with van der Waals surface area (Å²) in [5.74, 6) is -1.08. The Morgan fingerprint density at radius 1 is 0.862 bits per heavy atom. The summed E-state index contributed by atoms with van der Waals surface area (Å²) in [7, 11) is 0. The van der Waals surface area contributed by atoms with E-state index < -0.39 is 11.2 Å². The molecular weight excluding hydrogens is 441 g/mol. The normalized spacial score (nSPS) is 18.2. The Bertz CT molecular complexity index is 899. The maximum Gasteiger partial charge on any atom is 0.228 e. The molecule has 2 fully saturated rings. The quantitative estimate of drug-likeness (QED) is 0.620. The van der Waals surface area contributed by atoms with Crippen molar-refractivity contribution in [2.24, 2.45) is 11.5 Å². The number of halogens is 5. The van der Waals surface area contributed by atoms with Crippen molar-refractivity contribution in [2.75, 3.05) is 0 Å². The molecule has 0 aromatic heterocycles. The maximum absolute atomic E-state index is 12.9. The molecule has 0 aliphatic heterocycles. The van der Waals surface area contributed by atoms with Crippen LogP contribution in [0, 0.1) is 11.6 Å². The van der Waals surface area contributed by atoms with Crippen LogP contribution in [0.4, 0.5) is 8.78 Å². The molecule has 3 nitrogen and oxygen atoms in total. The monoisotopic (exact) mass is 462 g/mol. The Labute approximate surface area is 185 Å². The third-order valence-electron chi connectivity index (χ3n) is 5.84. The first-order chi connectivity index (χ1) is 13.2. The molecule has 2 aromatic carbocycles. The third-order valence-corrected chi connectivity index (χ3v) is 6.46. The molecule has 29 heavy (non-hydrogen) atoms. The summed E-state index contributed by atoms with van der Waals surface area (Å²) in [5.41, 5.74) is 12.0. The highest BCUT2D eigenvalue weighted by atomic mass is 35.5. The molecule has 0 radical (unpaired) electrons. The van der Waals surface area contributed by atoms with Gasteiger partial charge in [-0.3, -0.25) is 4.79 Å². The van der Waals surface area contributed by atoms with Crippen LogP contribution in [0.15, 0.2) is 36.4 Å². The van der Waals surface area contributed by atoms with Crippen molar-refractivity contribution in [3.05, 3.63) is 69.2 Å². The molecule has 4 rings (SSSR count). The minimum absolute atomic E-state index is 0. The molecule has 0 unspecified atom stereocenters. The minimum Gasteiger partial charge on any atom is -0.369 e. The van der Waals surface area contributed by atoms with E-state index in [0.717, 1.165) is 31.2 Å². The molecule has 0 saturated heterocycles. The summed E-state index contributed by atoms with van der Waals surface area (Å²) in [6.07, 6.45) is 5.37. The molecule has 1 amide bonds. The lowest BCUT2D eigenvalue weighted by Crippen LogP contribution is -2.46. The van der Waals surface area contributed by atoms with E-state index in [1.54, 1.807) is 12.1 Å². The Balaban J connectivity index is 0.000000202. The number of benzene rings is 2. The van der Waals surface area contributed by atoms with E-state index in [2.05, 4.69) is 0 Å². The minimum atomic E-state index is -0.662. The van der Waals surface area contributed by atoms with Crippen molar-refractivity contribution in [2.45, 2.75) is 49.5 Å². The SMILES string of the molecule is Cl.NC(=O)C1(c2ccc(F)cc2Cl)CCC1.NC1(c2ccc(F)cc2Cl)CCC1. The fraction of sp³-hybridized carbons (Fsp3) is 0.381. The highest BCUT2D eigenvalue weighted by Crippen LogP contribution is 2.46. The van der Waals surface area contributed by atoms with Gasteiger partial charge in [0, 0.05) is 15.6 Å². The average Bonchev–Trinajstić information content (AvgIpc) is 2.54. The summed E-state index contributed by atoms with van der Waals surface area (Å²) < 4.78 is 25.6. The second kappa shape index (κ2) is 9.17. The number of nitrogens with two attached hydrogens (primary N) is 2. The summed E-state index contributed by atoms with van der Waals surface area (Å²) in [6.45, 7) is 0. The number of carbonyl (C=O) groups is 1. The van der Waals surface area contributed by atoms with Crippen LogP contribution in [0.2, 0.25) is 10.0 Å². The molecule has 8 heteroatoms. The largest absolute Gasteiger partial charge is 0.369 e. The fourth-order valence-corrected chi connectivity index (χ4v) is 4.48. The predicted octanol–water partition coefficient (Wildman–Crippen LogP) is 5.62. The van der Waals surface area contributed by atoms with E-state index in [-0.39, 0.29) is 34.7 Å². The summed E-state index contributed by atoms with van der Waals surface area (Å²) in [4.78, 5) is 11.4. The van der Waals surface area contributed by atoms with Gasteiger partial charge in [0.1, 0.15) is 11.6 Å². The second-order valence-corrected chi connectivity index (χ2v) is 8.37. The molecule has 0 bridgehead atoms. The number of amides is 1. The second-order valence-electron chi connectivity index (χ2n) is 7.56. The van der Waals surface area contributed by atoms with Crippen molar-refractivity contribution in [3.63, 3.8) is 0 Å². The van der Waals surface area contributed by atoms with Crippen molar-refractivity contribution >= 4 is 41.5 Å². The zero-order chi connectivity index (χ0) is 20.5. The highest BCUT2D eigenvalue weighted by Gasteiger charge is 2.45. The highest BCUT2D eigenvalue weighted by molar-refractivity contribution is 6.32. The Morgan fingerprint density at radius 2 is 1.31 bits per heavy atom. The molecule has 0 heterocycles. The number of carbonyl (C=O) groups excluding carboxylic acids is 1. The van der Waals surface area contributed by atoms with Crippen LogP contribution in [0.1, 0.15) is 49.7 Å². The van der Waals surface area contributed by atoms with Crippen molar-refractivity contribution in [1.29, 1.82) is 0 Å². The van der Waals surface area contributed by atoms with Crippen molar-refractivity contribution in [3.8, 4) is 0 Å². The van der Waals surface area contributed by atoms with Gasteiger partial charge in [-0.2, -0.15) is 0 Å². The van der Waals surface area contributed by atoms with E-state index >= 15 is 0 Å². The van der Waals surface area contributed by atoms with Crippen LogP contribution in [0.3, 0.4) is 0 Å². The van der Waals surface area contributed by atoms with Crippen molar-refractivity contribution < 1.29 is 13.6 Å². The van der Waals surface area contributed by atoms with E-state index in [1.165, 1.54) is 24.3 Å². The van der Waals surface area contributed by atoms with Gasteiger partial charge in [-0.25, -0.2) is 8.78 Å². The first-order valence-electron chi connectivity index (χ1n) is 9.18. The Hall–Kier alpha value is -1.40. The molecule has 2 aliphatic rings. The summed E-state index contributed by atoms with van der Waals surface area (Å²) in [6, 6.07) is 8.51. The predicted molar refractivity (Wildman–Crippen MR) is 115 cm³/mol. The maximum atomic E-state index is 12.9. The van der Waals surface area contributed by atoms with Gasteiger partial charge in [-0.15, -0.1) is 12.4 Å². The molecule has 158 valence electrons. The number of hydrogen-bond acceptors (Lipinski definition) is 2. The zero-order valence-electron chi connectivity index (χ0n) is 15.7. The lowest BCUT2D eigenvalue weighted by atomic mass is 9.64. The molecule has 0 atom stereocenters. The van der Waals surface area contributed by atoms with Gasteiger partial charge in [0.05, 0.1) is 5.41 Å². The topological polar surface area (TPSA) is 69.1 Å². The average molecular weight is 464 g/mol. The molecule has 2 aromatic rings. The van der Waals surface area contributed by atoms with Crippen LogP contribution < -0.4 is 11.5 Å². The van der Waals surface area contributed by atoms with Crippen LogP contribution in [0.25, 0.3) is 0 Å². The zero-order valence-corrected chi connectivity index (χ0v) is 18.0. The Kier molecular flexibility index (Phi) is 7.55. The molecular formula is C21H23Cl3F2N2O. The lowest BCUT2D eigenvalue weighted by molar-refractivity contribution is -0.126. The van der Waals surface area contributed by atoms with Gasteiger partial charge in [0.25, 0.3) is 0 Å². The summed E-state index contributed by atoms with van der Waals surface area (Å²) in [5, 5.41) is 0.732. The van der Waals surface area contributed by atoms with Crippen molar-refractivity contribution in [1.82, 2.24) is 0 Å². The van der Waals surface area contributed by atoms with Gasteiger partial charge in [-0.05, 0) is 67.5 Å². The van der Waals surface area contributed by atoms with E-state index in [4.69, 9.17) is 34.7 Å². The number of hydrogen-bond donors (Lipinski definition) is 2. The molecule has 2 saturated carbocycles. The van der Waals surface area contributed by atoms with Gasteiger partial charge in [0.2, 0.25) is 5.91 Å². The molecule has 2 aliphatic carbocycles. The summed E-state index contributed by atoms with van der Waals surface area (Å²) >= 11 is 11.8. The van der Waals surface area contributed by atoms with Crippen LogP contribution in [-0.2, 0) is 15.7 Å². The van der Waals surface area contributed by atoms with Gasteiger partial charge in [0.15, 0.2) is 0 Å². The Morgan fingerprint density at radius 3 is 1.62 bits per heavy atom. The fourth-order valence-electron chi connectivity index (χ4n) is 3.78. The van der Waals surface area contributed by atoms with Gasteiger partial charge in [-0.1, -0.05) is 41.8 Å². The number of primary amides is 1. The van der Waals surface area contributed by atoms with E-state index in [9.17, 15) is 13.6 Å². The van der Waals surface area contributed by atoms with Crippen LogP contribution >= 0.6 is 35.6 Å². The standard InChI is InChI=1S/C11H11ClFNO.C10H11ClFN.ClH/c12-9-6-7(13)2-3-8(9)11(10(14)15)4-1-5-11;11-9-6-7(12)2-3-8(9)10(13)4-1-5-10;/h2-3,6H,1,4-5H2,(H2,14,15);2-3,6H,1,4-5,13H2;1H. The van der Waals surface area contributed by atoms with E-state index in [1.807, 2.05) is 0 Å². The van der Waals surface area contributed by atoms with Gasteiger partial charge < -0.3 is 11.5 Å². The first kappa shape index (κ1) is 23.9. The smallest absolute Gasteiger partial charge is 0.228 e. The molecule has 0 spiro atoms. The van der Waals surface area contributed by atoms with E-state index in [0.29, 0.717) is 23.4 Å². The molecule has 4 N–H and O–H groups in total. The lowest BCUT2D eigenvalue weighted by Gasteiger charge is -2.39. The number of rotatable bonds is 3. The van der Waals surface area contributed by atoms with Gasteiger partial charge >= 0.3 is 0 Å². The van der Waals surface area contributed by atoms with Crippen LogP contribution in [0.5, 0.6) is 0 Å². The van der Waals surface area contributed by atoms with Crippen LogP contribution in [-0.4, -0.2) is 5.91 Å². The first-order valence-corrected chi connectivity index (χ1v) is 9.93.